The second-order valence-electron chi connectivity index (χ2n) is 6.11. The van der Waals surface area contributed by atoms with E-state index in [0.717, 1.165) is 6.54 Å². The number of hydrogen-bond donors (Lipinski definition) is 2. The average molecular weight is 260 g/mol. The highest BCUT2D eigenvalue weighted by Gasteiger charge is 2.15. The zero-order valence-corrected chi connectivity index (χ0v) is 12.9. The molecule has 0 aliphatic carbocycles. The molecule has 0 fully saturated rings. The number of ether oxygens (including phenoxy) is 1. The average Bonchev–Trinajstić information content (AvgIpc) is 2.22. The maximum atomic E-state index is 9.83. The van der Waals surface area contributed by atoms with Gasteiger partial charge in [-0.15, -0.1) is 0 Å². The highest BCUT2D eigenvalue weighted by atomic mass is 16.5. The molecule has 4 heteroatoms. The molecule has 0 saturated carbocycles. The van der Waals surface area contributed by atoms with Crippen molar-refractivity contribution in [2.75, 3.05) is 40.4 Å². The van der Waals surface area contributed by atoms with Crippen LogP contribution < -0.4 is 5.32 Å². The fraction of sp³-hybridized carbons (Fsp3) is 1.00. The number of likely N-dealkylation sites (N-methyl/N-ethyl adjacent to an activating group) is 1. The lowest BCUT2D eigenvalue weighted by Gasteiger charge is -2.27. The maximum Gasteiger partial charge on any atom is 0.0897 e. The van der Waals surface area contributed by atoms with Gasteiger partial charge in [0.25, 0.3) is 0 Å². The first-order valence-corrected chi connectivity index (χ1v) is 6.96. The standard InChI is InChI=1S/C14H32N2O2/c1-11(2)9-18-10-13(17)7-15-14(12(3)4)8-16(5)6/h11-15,17H,7-10H2,1-6H3. The third-order valence-electron chi connectivity index (χ3n) is 2.74. The van der Waals surface area contributed by atoms with E-state index in [9.17, 15) is 5.11 Å². The number of hydrogen-bond acceptors (Lipinski definition) is 4. The molecule has 18 heavy (non-hydrogen) atoms. The van der Waals surface area contributed by atoms with Crippen LogP contribution in [0.2, 0.25) is 0 Å². The minimum Gasteiger partial charge on any atom is -0.389 e. The molecular weight excluding hydrogens is 228 g/mol. The van der Waals surface area contributed by atoms with Crippen LogP contribution in [0.25, 0.3) is 0 Å². The van der Waals surface area contributed by atoms with Gasteiger partial charge in [0.15, 0.2) is 0 Å². The van der Waals surface area contributed by atoms with Crippen LogP contribution in [-0.2, 0) is 4.74 Å². The topological polar surface area (TPSA) is 44.7 Å². The monoisotopic (exact) mass is 260 g/mol. The molecule has 0 rings (SSSR count). The lowest BCUT2D eigenvalue weighted by molar-refractivity contribution is 0.0238. The Morgan fingerprint density at radius 1 is 1.11 bits per heavy atom. The first-order valence-electron chi connectivity index (χ1n) is 6.96. The third kappa shape index (κ3) is 9.83. The highest BCUT2D eigenvalue weighted by molar-refractivity contribution is 4.74. The summed E-state index contributed by atoms with van der Waals surface area (Å²) in [7, 11) is 4.14. The van der Waals surface area contributed by atoms with Crippen molar-refractivity contribution in [3.63, 3.8) is 0 Å². The van der Waals surface area contributed by atoms with Crippen molar-refractivity contribution in [1.82, 2.24) is 10.2 Å². The molecule has 0 spiro atoms. The Hall–Kier alpha value is -0.160. The Balaban J connectivity index is 3.81. The van der Waals surface area contributed by atoms with E-state index < -0.39 is 6.10 Å². The molecule has 0 heterocycles. The predicted molar refractivity (Wildman–Crippen MR) is 76.8 cm³/mol. The summed E-state index contributed by atoms with van der Waals surface area (Å²) >= 11 is 0. The summed E-state index contributed by atoms with van der Waals surface area (Å²) in [6.45, 7) is 11.3. The zero-order valence-electron chi connectivity index (χ0n) is 12.9. The smallest absolute Gasteiger partial charge is 0.0897 e. The summed E-state index contributed by atoms with van der Waals surface area (Å²) < 4.78 is 5.43. The van der Waals surface area contributed by atoms with E-state index in [1.165, 1.54) is 0 Å². The van der Waals surface area contributed by atoms with E-state index in [4.69, 9.17) is 4.74 Å². The fourth-order valence-electron chi connectivity index (χ4n) is 1.69. The molecule has 4 nitrogen and oxygen atoms in total. The molecule has 0 aromatic rings. The van der Waals surface area contributed by atoms with E-state index in [1.807, 2.05) is 0 Å². The van der Waals surface area contributed by atoms with Crippen LogP contribution in [0.3, 0.4) is 0 Å². The summed E-state index contributed by atoms with van der Waals surface area (Å²) in [5.41, 5.74) is 0. The second-order valence-corrected chi connectivity index (χ2v) is 6.11. The summed E-state index contributed by atoms with van der Waals surface area (Å²) in [5.74, 6) is 1.07. The lowest BCUT2D eigenvalue weighted by atomic mass is 10.0. The van der Waals surface area contributed by atoms with Crippen molar-refractivity contribution in [3.05, 3.63) is 0 Å². The van der Waals surface area contributed by atoms with Crippen LogP contribution in [0, 0.1) is 11.8 Å². The Kier molecular flexibility index (Phi) is 9.64. The number of nitrogens with zero attached hydrogens (tertiary/aromatic N) is 1. The molecule has 2 N–H and O–H groups in total. The molecule has 2 unspecified atom stereocenters. The molecule has 110 valence electrons. The minimum absolute atomic E-state index is 0.403. The Morgan fingerprint density at radius 3 is 2.17 bits per heavy atom. The van der Waals surface area contributed by atoms with Gasteiger partial charge in [0.2, 0.25) is 0 Å². The molecule has 0 aliphatic heterocycles. The van der Waals surface area contributed by atoms with E-state index in [0.29, 0.717) is 37.6 Å². The largest absolute Gasteiger partial charge is 0.389 e. The highest BCUT2D eigenvalue weighted by Crippen LogP contribution is 2.03. The lowest BCUT2D eigenvalue weighted by Crippen LogP contribution is -2.45. The van der Waals surface area contributed by atoms with Crippen LogP contribution in [0.15, 0.2) is 0 Å². The molecule has 0 aromatic carbocycles. The van der Waals surface area contributed by atoms with Crippen molar-refractivity contribution in [3.8, 4) is 0 Å². The number of rotatable bonds is 10. The van der Waals surface area contributed by atoms with Gasteiger partial charge in [-0.25, -0.2) is 0 Å². The molecule has 0 aromatic heterocycles. The van der Waals surface area contributed by atoms with Gasteiger partial charge in [0, 0.05) is 25.7 Å². The normalized spacial score (nSPS) is 15.7. The van der Waals surface area contributed by atoms with Gasteiger partial charge in [-0.2, -0.15) is 0 Å². The van der Waals surface area contributed by atoms with Crippen LogP contribution in [-0.4, -0.2) is 62.6 Å². The van der Waals surface area contributed by atoms with Crippen LogP contribution in [0.1, 0.15) is 27.7 Å². The van der Waals surface area contributed by atoms with Crippen LogP contribution in [0.4, 0.5) is 0 Å². The van der Waals surface area contributed by atoms with Gasteiger partial charge < -0.3 is 20.1 Å². The molecule has 0 saturated heterocycles. The van der Waals surface area contributed by atoms with Gasteiger partial charge >= 0.3 is 0 Å². The van der Waals surface area contributed by atoms with Crippen molar-refractivity contribution in [1.29, 1.82) is 0 Å². The van der Waals surface area contributed by atoms with Gasteiger partial charge in [-0.3, -0.25) is 0 Å². The van der Waals surface area contributed by atoms with E-state index in [1.54, 1.807) is 0 Å². The van der Waals surface area contributed by atoms with Gasteiger partial charge in [-0.05, 0) is 25.9 Å². The van der Waals surface area contributed by atoms with Crippen LogP contribution >= 0.6 is 0 Å². The van der Waals surface area contributed by atoms with Crippen molar-refractivity contribution in [2.24, 2.45) is 11.8 Å². The first kappa shape index (κ1) is 17.8. The van der Waals surface area contributed by atoms with Gasteiger partial charge in [-0.1, -0.05) is 27.7 Å². The Labute approximate surface area is 113 Å². The fourth-order valence-corrected chi connectivity index (χ4v) is 1.69. The molecule has 0 radical (unpaired) electrons. The third-order valence-corrected chi connectivity index (χ3v) is 2.74. The number of nitrogens with one attached hydrogen (secondary N) is 1. The SMILES string of the molecule is CC(C)COCC(O)CNC(CN(C)C)C(C)C. The van der Waals surface area contributed by atoms with Crippen molar-refractivity contribution in [2.45, 2.75) is 39.8 Å². The predicted octanol–water partition coefficient (Wildman–Crippen LogP) is 1.20. The molecule has 0 bridgehead atoms. The molecular formula is C14H32N2O2. The Morgan fingerprint density at radius 2 is 1.72 bits per heavy atom. The molecule has 0 amide bonds. The van der Waals surface area contributed by atoms with Crippen LogP contribution in [0.5, 0.6) is 0 Å². The van der Waals surface area contributed by atoms with E-state index in [2.05, 4.69) is 52.0 Å². The number of aliphatic hydroxyl groups is 1. The summed E-state index contributed by atoms with van der Waals surface area (Å²) in [6, 6.07) is 0.403. The van der Waals surface area contributed by atoms with Crippen molar-refractivity contribution < 1.29 is 9.84 Å². The van der Waals surface area contributed by atoms with E-state index in [-0.39, 0.29) is 0 Å². The van der Waals surface area contributed by atoms with Gasteiger partial charge in [0.1, 0.15) is 0 Å². The number of aliphatic hydroxyl groups excluding tert-OH is 1. The van der Waals surface area contributed by atoms with Crippen molar-refractivity contribution >= 4 is 0 Å². The summed E-state index contributed by atoms with van der Waals surface area (Å²) in [5, 5.41) is 13.2. The molecule has 0 aliphatic rings. The zero-order chi connectivity index (χ0) is 14.1. The van der Waals surface area contributed by atoms with E-state index >= 15 is 0 Å². The summed E-state index contributed by atoms with van der Waals surface area (Å²) in [6.07, 6.45) is -0.424. The minimum atomic E-state index is -0.424. The second kappa shape index (κ2) is 9.73. The van der Waals surface area contributed by atoms with Gasteiger partial charge in [0.05, 0.1) is 12.7 Å². The Bertz CT molecular complexity index is 196. The maximum absolute atomic E-state index is 9.83. The molecule has 2 atom stereocenters. The first-order chi connectivity index (χ1) is 8.32. The summed E-state index contributed by atoms with van der Waals surface area (Å²) in [4.78, 5) is 2.17. The quantitative estimate of drug-likeness (QED) is 0.619.